The van der Waals surface area contributed by atoms with Gasteiger partial charge in [-0.25, -0.2) is 0 Å². The highest BCUT2D eigenvalue weighted by atomic mass is 35.5. The van der Waals surface area contributed by atoms with Crippen LogP contribution < -0.4 is 5.32 Å². The molecule has 3 saturated carbocycles. The van der Waals surface area contributed by atoms with Gasteiger partial charge in [0.25, 0.3) is 0 Å². The molecule has 0 aromatic rings. The molecular formula is C27H46ClNO. The summed E-state index contributed by atoms with van der Waals surface area (Å²) < 4.78 is 0. The van der Waals surface area contributed by atoms with Crippen molar-refractivity contribution < 1.29 is 4.79 Å². The molecule has 0 aromatic carbocycles. The molecule has 0 bridgehead atoms. The molecule has 0 unspecified atom stereocenters. The Bertz CT molecular complexity index is 634. The van der Waals surface area contributed by atoms with Gasteiger partial charge < -0.3 is 5.32 Å². The SMILES string of the molecule is CC(C)CCC[C@@H](C)[C@H]1CC[C@H]2[C@@H]3CC(=O)N[C@H]4C[C@@H](Cl)CC[C@]4(C)[C@H]3CC[C@]12C. The standard InChI is InChI=1S/C27H46ClNO/c1-17(2)7-6-8-18(3)21-9-10-22-20-16-25(30)29-24-15-19(28)11-13-27(24,5)23(20)12-14-26(21,22)4/h17-24H,6-16H2,1-5H3,(H,29,30)/t18-,19+,20+,21-,22+,23+,24+,26-,27-/m1/s1. The van der Waals surface area contributed by atoms with Crippen LogP contribution in [0.15, 0.2) is 0 Å². The minimum Gasteiger partial charge on any atom is -0.353 e. The zero-order valence-electron chi connectivity index (χ0n) is 20.2. The Hall–Kier alpha value is -0.240. The van der Waals surface area contributed by atoms with Gasteiger partial charge in [0.15, 0.2) is 0 Å². The lowest BCUT2D eigenvalue weighted by molar-refractivity contribution is -0.123. The molecule has 1 aliphatic heterocycles. The van der Waals surface area contributed by atoms with E-state index in [1.807, 2.05) is 0 Å². The Balaban J connectivity index is 1.53. The maximum absolute atomic E-state index is 13.0. The average molecular weight is 436 g/mol. The lowest BCUT2D eigenvalue weighted by atomic mass is 9.49. The number of carbonyl (C=O) groups excluding carboxylic acids is 1. The van der Waals surface area contributed by atoms with E-state index in [0.29, 0.717) is 23.2 Å². The summed E-state index contributed by atoms with van der Waals surface area (Å²) in [6, 6.07) is 0.285. The molecule has 0 spiro atoms. The second-order valence-corrected chi connectivity index (χ2v) is 13.2. The van der Waals surface area contributed by atoms with Gasteiger partial charge in [-0.2, -0.15) is 0 Å². The molecule has 0 aromatic heterocycles. The molecule has 3 aliphatic carbocycles. The van der Waals surface area contributed by atoms with E-state index in [-0.39, 0.29) is 16.8 Å². The Labute approximate surface area is 190 Å². The fourth-order valence-corrected chi connectivity index (χ4v) is 9.12. The van der Waals surface area contributed by atoms with Crippen molar-refractivity contribution in [2.24, 2.45) is 46.3 Å². The van der Waals surface area contributed by atoms with Crippen molar-refractivity contribution >= 4 is 17.5 Å². The molecule has 1 saturated heterocycles. The van der Waals surface area contributed by atoms with E-state index < -0.39 is 0 Å². The van der Waals surface area contributed by atoms with Gasteiger partial charge in [-0.05, 0) is 91.3 Å². The molecule has 172 valence electrons. The van der Waals surface area contributed by atoms with Gasteiger partial charge in [-0.1, -0.05) is 53.9 Å². The van der Waals surface area contributed by atoms with Crippen molar-refractivity contribution in [2.45, 2.75) is 117 Å². The Morgan fingerprint density at radius 1 is 1.00 bits per heavy atom. The van der Waals surface area contributed by atoms with Gasteiger partial charge in [-0.15, -0.1) is 11.6 Å². The number of carbonyl (C=O) groups is 1. The van der Waals surface area contributed by atoms with E-state index in [0.717, 1.165) is 42.9 Å². The second-order valence-electron chi connectivity index (χ2n) is 12.6. The molecule has 9 atom stereocenters. The predicted octanol–water partition coefficient (Wildman–Crippen LogP) is 7.19. The molecule has 30 heavy (non-hydrogen) atoms. The highest BCUT2D eigenvalue weighted by molar-refractivity contribution is 6.20. The average Bonchev–Trinajstić information content (AvgIpc) is 2.97. The summed E-state index contributed by atoms with van der Waals surface area (Å²) in [7, 11) is 0. The number of hydrogen-bond donors (Lipinski definition) is 1. The lowest BCUT2D eigenvalue weighted by Crippen LogP contribution is -2.54. The predicted molar refractivity (Wildman–Crippen MR) is 127 cm³/mol. The first-order chi connectivity index (χ1) is 14.1. The van der Waals surface area contributed by atoms with E-state index in [1.54, 1.807) is 0 Å². The minimum absolute atomic E-state index is 0.233. The van der Waals surface area contributed by atoms with Gasteiger partial charge in [0.05, 0.1) is 0 Å². The summed E-state index contributed by atoms with van der Waals surface area (Å²) in [6.07, 6.45) is 13.6. The number of halogens is 1. The molecule has 3 heteroatoms. The lowest BCUT2D eigenvalue weighted by Gasteiger charge is -2.56. The maximum Gasteiger partial charge on any atom is 0.220 e. The first-order valence-corrected chi connectivity index (χ1v) is 13.5. The zero-order valence-corrected chi connectivity index (χ0v) is 20.9. The summed E-state index contributed by atoms with van der Waals surface area (Å²) in [6.45, 7) is 12.3. The Kier molecular flexibility index (Phi) is 6.58. The van der Waals surface area contributed by atoms with Crippen LogP contribution >= 0.6 is 11.6 Å². The molecular weight excluding hydrogens is 390 g/mol. The van der Waals surface area contributed by atoms with Gasteiger partial charge in [0.2, 0.25) is 5.91 Å². The van der Waals surface area contributed by atoms with Gasteiger partial charge in [0.1, 0.15) is 0 Å². The fourth-order valence-electron chi connectivity index (χ4n) is 8.84. The first kappa shape index (κ1) is 22.9. The quantitative estimate of drug-likeness (QED) is 0.454. The molecule has 2 nitrogen and oxygen atoms in total. The minimum atomic E-state index is 0.233. The monoisotopic (exact) mass is 435 g/mol. The number of alkyl halides is 1. The number of hydrogen-bond acceptors (Lipinski definition) is 1. The van der Waals surface area contributed by atoms with Crippen LogP contribution in [0.3, 0.4) is 0 Å². The third-order valence-electron chi connectivity index (χ3n) is 10.5. The second kappa shape index (κ2) is 8.60. The highest BCUT2D eigenvalue weighted by Crippen LogP contribution is 2.65. The summed E-state index contributed by atoms with van der Waals surface area (Å²) in [5.41, 5.74) is 0.684. The molecule has 1 N–H and O–H groups in total. The van der Waals surface area contributed by atoms with Crippen LogP contribution in [0.4, 0.5) is 0 Å². The van der Waals surface area contributed by atoms with Crippen LogP contribution in [-0.2, 0) is 4.79 Å². The number of amides is 1. The highest BCUT2D eigenvalue weighted by Gasteiger charge is 2.60. The fraction of sp³-hybridized carbons (Fsp3) is 0.963. The Morgan fingerprint density at radius 2 is 1.70 bits per heavy atom. The van der Waals surface area contributed by atoms with Crippen molar-refractivity contribution in [3.63, 3.8) is 0 Å². The van der Waals surface area contributed by atoms with Crippen LogP contribution in [0, 0.1) is 46.3 Å². The Morgan fingerprint density at radius 3 is 2.43 bits per heavy atom. The molecule has 4 aliphatic rings. The van der Waals surface area contributed by atoms with E-state index in [1.165, 1.54) is 51.4 Å². The molecule has 4 fully saturated rings. The summed E-state index contributed by atoms with van der Waals surface area (Å²) in [5.74, 6) is 4.82. The van der Waals surface area contributed by atoms with Crippen molar-refractivity contribution in [2.75, 3.05) is 0 Å². The van der Waals surface area contributed by atoms with Crippen molar-refractivity contribution in [3.05, 3.63) is 0 Å². The van der Waals surface area contributed by atoms with Crippen LogP contribution in [0.1, 0.15) is 105 Å². The molecule has 4 rings (SSSR count). The van der Waals surface area contributed by atoms with E-state index in [9.17, 15) is 4.79 Å². The van der Waals surface area contributed by atoms with E-state index in [2.05, 4.69) is 39.9 Å². The van der Waals surface area contributed by atoms with Crippen LogP contribution in [-0.4, -0.2) is 17.3 Å². The summed E-state index contributed by atoms with van der Waals surface area (Å²) in [5, 5.41) is 3.68. The van der Waals surface area contributed by atoms with Crippen LogP contribution in [0.25, 0.3) is 0 Å². The van der Waals surface area contributed by atoms with E-state index in [4.69, 9.17) is 11.6 Å². The number of fused-ring (bicyclic) bond motifs is 5. The molecule has 1 heterocycles. The zero-order chi connectivity index (χ0) is 21.7. The van der Waals surface area contributed by atoms with Gasteiger partial charge in [-0.3, -0.25) is 4.79 Å². The van der Waals surface area contributed by atoms with Crippen molar-refractivity contribution in [1.82, 2.24) is 5.32 Å². The summed E-state index contributed by atoms with van der Waals surface area (Å²) >= 11 is 6.55. The van der Waals surface area contributed by atoms with Crippen LogP contribution in [0.5, 0.6) is 0 Å². The molecule has 0 radical (unpaired) electrons. The number of rotatable bonds is 5. The summed E-state index contributed by atoms with van der Waals surface area (Å²) in [4.78, 5) is 13.0. The van der Waals surface area contributed by atoms with Crippen molar-refractivity contribution in [3.8, 4) is 0 Å². The molecule has 1 amide bonds. The first-order valence-electron chi connectivity index (χ1n) is 13.1. The normalized spacial score (nSPS) is 47.1. The topological polar surface area (TPSA) is 29.1 Å². The van der Waals surface area contributed by atoms with E-state index >= 15 is 0 Å². The number of nitrogens with one attached hydrogen (secondary N) is 1. The smallest absolute Gasteiger partial charge is 0.220 e. The van der Waals surface area contributed by atoms with Gasteiger partial charge >= 0.3 is 0 Å². The van der Waals surface area contributed by atoms with Gasteiger partial charge in [0, 0.05) is 17.8 Å². The third kappa shape index (κ3) is 3.97. The third-order valence-corrected chi connectivity index (χ3v) is 10.9. The maximum atomic E-state index is 13.0. The van der Waals surface area contributed by atoms with Crippen molar-refractivity contribution in [1.29, 1.82) is 0 Å². The largest absolute Gasteiger partial charge is 0.353 e. The van der Waals surface area contributed by atoms with Crippen LogP contribution in [0.2, 0.25) is 0 Å².